The highest BCUT2D eigenvalue weighted by Crippen LogP contribution is 2.26. The molecule has 11 nitrogen and oxygen atoms in total. The van der Waals surface area contributed by atoms with Gasteiger partial charge in [0.1, 0.15) is 24.4 Å². The number of nitrogens with one attached hydrogen (secondary N) is 1. The number of aliphatic hydroxyl groups excluding tert-OH is 5. The first-order chi connectivity index (χ1) is 40.2. The number of unbranched alkanes of at least 4 members (excludes halogenated alkanes) is 22. The number of hydrogen-bond donors (Lipinski definition) is 6. The molecule has 0 aromatic carbocycles. The number of ether oxygens (including phenoxy) is 3. The van der Waals surface area contributed by atoms with E-state index in [1.165, 1.54) is 83.5 Å². The maximum absolute atomic E-state index is 13.5. The predicted octanol–water partition coefficient (Wildman–Crippen LogP) is 16.2. The van der Waals surface area contributed by atoms with E-state index in [1.54, 1.807) is 6.08 Å². The highest BCUT2D eigenvalue weighted by atomic mass is 16.7. The van der Waals surface area contributed by atoms with Gasteiger partial charge in [0, 0.05) is 6.42 Å². The highest BCUT2D eigenvalue weighted by molar-refractivity contribution is 5.80. The van der Waals surface area contributed by atoms with Crippen LogP contribution in [0.4, 0.5) is 0 Å². The number of hydrogen-bond acceptors (Lipinski definition) is 10. The summed E-state index contributed by atoms with van der Waals surface area (Å²) in [6, 6.07) is -1.05. The van der Waals surface area contributed by atoms with Gasteiger partial charge in [0.05, 0.1) is 25.4 Å². The lowest BCUT2D eigenvalue weighted by atomic mass is 9.99. The van der Waals surface area contributed by atoms with Crippen molar-refractivity contribution in [2.75, 3.05) is 13.2 Å². The van der Waals surface area contributed by atoms with Gasteiger partial charge in [-0.25, -0.2) is 0 Å². The summed E-state index contributed by atoms with van der Waals surface area (Å²) in [7, 11) is 0. The van der Waals surface area contributed by atoms with Crippen molar-refractivity contribution in [3.63, 3.8) is 0 Å². The summed E-state index contributed by atoms with van der Waals surface area (Å²) in [6.45, 7) is 5.62. The van der Waals surface area contributed by atoms with E-state index in [-0.39, 0.29) is 19.4 Å². The van der Waals surface area contributed by atoms with E-state index in [0.717, 1.165) is 122 Å². The zero-order chi connectivity index (χ0) is 59.6. The lowest BCUT2D eigenvalue weighted by Crippen LogP contribution is -2.61. The third kappa shape index (κ3) is 44.6. The molecule has 1 amide bonds. The molecular formula is C71H119NO10. The van der Waals surface area contributed by atoms with Crippen molar-refractivity contribution >= 4 is 11.9 Å². The number of carbonyl (C=O) groups is 2. The van der Waals surface area contributed by atoms with E-state index in [2.05, 4.69) is 135 Å². The second kappa shape index (κ2) is 57.5. The smallest absolute Gasteiger partial charge is 0.306 e. The van der Waals surface area contributed by atoms with Gasteiger partial charge in [0.2, 0.25) is 5.91 Å². The van der Waals surface area contributed by atoms with Gasteiger partial charge >= 0.3 is 5.97 Å². The second-order valence-electron chi connectivity index (χ2n) is 22.1. The van der Waals surface area contributed by atoms with E-state index >= 15 is 0 Å². The summed E-state index contributed by atoms with van der Waals surface area (Å²) in [6.07, 6.45) is 69.4. The molecule has 6 N–H and O–H groups in total. The number of allylic oxidation sites excluding steroid dienone is 19. The van der Waals surface area contributed by atoms with Crippen LogP contribution >= 0.6 is 0 Å². The zero-order valence-electron chi connectivity index (χ0n) is 51.8. The van der Waals surface area contributed by atoms with Crippen molar-refractivity contribution in [2.24, 2.45) is 0 Å². The molecule has 82 heavy (non-hydrogen) atoms. The molecule has 1 heterocycles. The Morgan fingerprint density at radius 2 is 0.878 bits per heavy atom. The van der Waals surface area contributed by atoms with E-state index in [4.69, 9.17) is 14.2 Å². The molecular weight excluding hydrogens is 1030 g/mol. The molecule has 8 unspecified atom stereocenters. The quantitative estimate of drug-likeness (QED) is 0.0195. The maximum Gasteiger partial charge on any atom is 0.306 e. The van der Waals surface area contributed by atoms with Crippen molar-refractivity contribution in [1.29, 1.82) is 0 Å². The van der Waals surface area contributed by atoms with Crippen LogP contribution in [0.15, 0.2) is 122 Å². The van der Waals surface area contributed by atoms with Crippen LogP contribution in [0.5, 0.6) is 0 Å². The monoisotopic (exact) mass is 1150 g/mol. The number of amides is 1. The Morgan fingerprint density at radius 1 is 0.488 bits per heavy atom. The normalized spacial score (nSPS) is 19.4. The van der Waals surface area contributed by atoms with Crippen molar-refractivity contribution in [2.45, 2.75) is 301 Å². The predicted molar refractivity (Wildman–Crippen MR) is 342 cm³/mol. The third-order valence-corrected chi connectivity index (χ3v) is 14.6. The topological polar surface area (TPSA) is 175 Å². The molecule has 0 aliphatic carbocycles. The summed E-state index contributed by atoms with van der Waals surface area (Å²) in [5, 5.41) is 57.1. The molecule has 1 aliphatic rings. The maximum atomic E-state index is 13.5. The Morgan fingerprint density at radius 3 is 1.34 bits per heavy atom. The van der Waals surface area contributed by atoms with Crippen LogP contribution in [-0.4, -0.2) is 99.6 Å². The Balaban J connectivity index is 2.69. The summed E-state index contributed by atoms with van der Waals surface area (Å²) in [5.41, 5.74) is 0. The molecule has 0 saturated carbocycles. The molecule has 11 heteroatoms. The molecule has 0 aromatic rings. The largest absolute Gasteiger partial charge is 0.454 e. The summed E-state index contributed by atoms with van der Waals surface area (Å²) >= 11 is 0. The summed E-state index contributed by atoms with van der Waals surface area (Å²) < 4.78 is 17.6. The first-order valence-electron chi connectivity index (χ1n) is 32.8. The van der Waals surface area contributed by atoms with Gasteiger partial charge in [-0.2, -0.15) is 0 Å². The van der Waals surface area contributed by atoms with Gasteiger partial charge in [-0.15, -0.1) is 0 Å². The van der Waals surface area contributed by atoms with Crippen LogP contribution in [0.2, 0.25) is 0 Å². The lowest BCUT2D eigenvalue weighted by Gasteiger charge is -2.41. The number of rotatable bonds is 54. The molecule has 0 radical (unpaired) electrons. The minimum Gasteiger partial charge on any atom is -0.454 e. The van der Waals surface area contributed by atoms with E-state index in [9.17, 15) is 35.1 Å². The van der Waals surface area contributed by atoms with E-state index in [0.29, 0.717) is 12.8 Å². The van der Waals surface area contributed by atoms with Gasteiger partial charge in [0.15, 0.2) is 12.4 Å². The third-order valence-electron chi connectivity index (χ3n) is 14.6. The van der Waals surface area contributed by atoms with Crippen molar-refractivity contribution < 1.29 is 49.3 Å². The summed E-state index contributed by atoms with van der Waals surface area (Å²) in [5.74, 6) is -1.25. The molecule has 1 aliphatic heterocycles. The number of aliphatic hydroxyl groups is 5. The standard InChI is InChI=1S/C71H119NO10/c1-4-7-10-13-16-19-22-25-27-29-31-33-35-37-39-41-44-47-50-53-56-59-66(76)82-69-68(78)67(77)65(60-73)81-71(69)80-61-62(63(74)57-54-51-48-45-42-24-21-18-15-12-9-6-3)72-70(79)64(75)58-55-52-49-46-43-40-38-36-34-32-30-28-26-23-20-17-14-11-8-5-2/h7,10,16-17,19-20,25-28,31-34,37,39,44,47,54,57,62-65,67-69,71,73-75,77-78H,4-6,8-9,11-15,18,21-24,29-30,35-36,38,40-43,45-46,48-53,55-56,58-61H2,1-3H3,(H,72,79)/b10-7-,19-16-,20-17-,27-25-,28-26-,33-31-,34-32-,39-37-,47-44-,57-54+. The first-order valence-corrected chi connectivity index (χ1v) is 32.8. The van der Waals surface area contributed by atoms with Gasteiger partial charge in [0.25, 0.3) is 0 Å². The van der Waals surface area contributed by atoms with Gasteiger partial charge < -0.3 is 45.1 Å². The van der Waals surface area contributed by atoms with Crippen LogP contribution < -0.4 is 5.32 Å². The number of carbonyl (C=O) groups excluding carboxylic acids is 2. The van der Waals surface area contributed by atoms with Gasteiger partial charge in [-0.05, 0) is 116 Å². The SMILES string of the molecule is CC/C=C\C/C=C\C/C=C\C/C=C\C/C=C\C/C=C\CCCCC(=O)OC1C(OCC(NC(=O)C(O)CCCCCCCCC/C=C\C/C=C\C/C=C\CCCCC)C(O)/C=C/CCCCCCCCCCCC)OC(CO)C(O)C1O. The number of esters is 1. The molecule has 1 rings (SSSR count). The first kappa shape index (κ1) is 76.1. The Hall–Kier alpha value is -3.94. The Labute approximate surface area is 500 Å². The molecule has 8 atom stereocenters. The molecule has 1 fully saturated rings. The average Bonchev–Trinajstić information content (AvgIpc) is 3.44. The molecule has 0 aromatic heterocycles. The van der Waals surface area contributed by atoms with Crippen molar-refractivity contribution in [1.82, 2.24) is 5.32 Å². The van der Waals surface area contributed by atoms with Crippen LogP contribution in [0, 0.1) is 0 Å². The fourth-order valence-corrected chi connectivity index (χ4v) is 9.42. The van der Waals surface area contributed by atoms with Crippen LogP contribution in [0.1, 0.15) is 252 Å². The Kier molecular flexibility index (Phi) is 53.3. The summed E-state index contributed by atoms with van der Waals surface area (Å²) in [4.78, 5) is 26.6. The zero-order valence-corrected chi connectivity index (χ0v) is 51.8. The van der Waals surface area contributed by atoms with E-state index < -0.39 is 67.4 Å². The molecule has 468 valence electrons. The fourth-order valence-electron chi connectivity index (χ4n) is 9.42. The van der Waals surface area contributed by atoms with Crippen LogP contribution in [-0.2, 0) is 23.8 Å². The molecule has 0 bridgehead atoms. The second-order valence-corrected chi connectivity index (χ2v) is 22.1. The average molecular weight is 1150 g/mol. The minimum absolute atomic E-state index is 0.0611. The molecule has 1 saturated heterocycles. The van der Waals surface area contributed by atoms with Crippen LogP contribution in [0.25, 0.3) is 0 Å². The van der Waals surface area contributed by atoms with Gasteiger partial charge in [-0.3, -0.25) is 9.59 Å². The fraction of sp³-hybridized carbons (Fsp3) is 0.690. The van der Waals surface area contributed by atoms with Crippen LogP contribution in [0.3, 0.4) is 0 Å². The Bertz CT molecular complexity index is 1800. The molecule has 0 spiro atoms. The lowest BCUT2D eigenvalue weighted by molar-refractivity contribution is -0.305. The minimum atomic E-state index is -1.64. The van der Waals surface area contributed by atoms with E-state index in [1.807, 2.05) is 6.08 Å². The highest BCUT2D eigenvalue weighted by Gasteiger charge is 2.47. The van der Waals surface area contributed by atoms with Crippen molar-refractivity contribution in [3.05, 3.63) is 122 Å². The van der Waals surface area contributed by atoms with Crippen molar-refractivity contribution in [3.8, 4) is 0 Å². The van der Waals surface area contributed by atoms with Gasteiger partial charge in [-0.1, -0.05) is 251 Å².